The van der Waals surface area contributed by atoms with Crippen molar-refractivity contribution in [1.29, 1.82) is 0 Å². The van der Waals surface area contributed by atoms with Crippen molar-refractivity contribution in [3.8, 4) is 11.5 Å². The Morgan fingerprint density at radius 1 is 1.00 bits per heavy atom. The van der Waals surface area contributed by atoms with Crippen LogP contribution in [0.1, 0.15) is 12.5 Å². The smallest absolute Gasteiger partial charge is 0.339 e. The summed E-state index contributed by atoms with van der Waals surface area (Å²) in [5.41, 5.74) is 2.05. The second-order valence-corrected chi connectivity index (χ2v) is 9.68. The summed E-state index contributed by atoms with van der Waals surface area (Å²) >= 11 is 1.29. The Kier molecular flexibility index (Phi) is 5.35. The van der Waals surface area contributed by atoms with Gasteiger partial charge in [0.25, 0.3) is 5.56 Å². The zero-order chi connectivity index (χ0) is 23.0. The van der Waals surface area contributed by atoms with Gasteiger partial charge in [-0.3, -0.25) is 4.79 Å². The molecule has 0 aliphatic heterocycles. The molecule has 7 nitrogen and oxygen atoms in total. The van der Waals surface area contributed by atoms with Crippen molar-refractivity contribution in [3.05, 3.63) is 93.2 Å². The molecule has 0 atom stereocenters. The third-order valence-corrected chi connectivity index (χ3v) is 7.16. The van der Waals surface area contributed by atoms with Crippen LogP contribution < -0.4 is 19.0 Å². The monoisotopic (exact) mass is 478 g/mol. The number of thiazole rings is 1. The van der Waals surface area contributed by atoms with Gasteiger partial charge in [0.2, 0.25) is 0 Å². The highest BCUT2D eigenvalue weighted by Crippen LogP contribution is 2.31. The summed E-state index contributed by atoms with van der Waals surface area (Å²) in [6.07, 6.45) is 1.73. The molecule has 0 saturated carbocycles. The molecule has 2 aromatic heterocycles. The number of imidazole rings is 1. The Morgan fingerprint density at radius 2 is 1.76 bits per heavy atom. The molecule has 5 rings (SSSR count). The largest absolute Gasteiger partial charge is 0.490 e. The minimum absolute atomic E-state index is 0.0493. The fourth-order valence-corrected chi connectivity index (χ4v) is 5.42. The van der Waals surface area contributed by atoms with Crippen LogP contribution in [0.4, 0.5) is 0 Å². The van der Waals surface area contributed by atoms with Gasteiger partial charge in [-0.1, -0.05) is 47.7 Å². The van der Waals surface area contributed by atoms with Gasteiger partial charge >= 0.3 is 10.1 Å². The molecule has 0 unspecified atom stereocenters. The molecule has 0 N–H and O–H groups in total. The molecule has 0 aliphatic rings. The van der Waals surface area contributed by atoms with E-state index >= 15 is 0 Å². The van der Waals surface area contributed by atoms with E-state index in [9.17, 15) is 13.2 Å². The van der Waals surface area contributed by atoms with E-state index in [4.69, 9.17) is 8.92 Å². The summed E-state index contributed by atoms with van der Waals surface area (Å²) in [5.74, 6) is 0.345. The van der Waals surface area contributed by atoms with E-state index in [-0.39, 0.29) is 22.0 Å². The lowest BCUT2D eigenvalue weighted by Gasteiger charge is -2.12. The normalized spacial score (nSPS) is 12.5. The zero-order valence-electron chi connectivity index (χ0n) is 17.5. The van der Waals surface area contributed by atoms with Crippen LogP contribution >= 0.6 is 11.3 Å². The first-order valence-corrected chi connectivity index (χ1v) is 12.4. The second-order valence-electron chi connectivity index (χ2n) is 7.12. The lowest BCUT2D eigenvalue weighted by molar-refractivity contribution is 0.327. The van der Waals surface area contributed by atoms with Gasteiger partial charge in [-0.25, -0.2) is 9.38 Å². The van der Waals surface area contributed by atoms with Gasteiger partial charge in [0.1, 0.15) is 4.90 Å². The summed E-state index contributed by atoms with van der Waals surface area (Å²) in [6, 6.07) is 20.2. The lowest BCUT2D eigenvalue weighted by atomic mass is 10.2. The first kappa shape index (κ1) is 21.2. The van der Waals surface area contributed by atoms with Crippen LogP contribution in [0.5, 0.6) is 11.5 Å². The molecule has 166 valence electrons. The number of aromatic nitrogens is 2. The number of hydrogen-bond donors (Lipinski definition) is 0. The van der Waals surface area contributed by atoms with Crippen LogP contribution in [0.3, 0.4) is 0 Å². The Hall–Kier alpha value is -3.69. The number of ether oxygens (including phenoxy) is 1. The molecule has 5 aromatic rings. The molecule has 2 heterocycles. The maximum absolute atomic E-state index is 13.0. The summed E-state index contributed by atoms with van der Waals surface area (Å²) in [6.45, 7) is 2.11. The highest BCUT2D eigenvalue weighted by molar-refractivity contribution is 7.87. The van der Waals surface area contributed by atoms with Gasteiger partial charge in [0.05, 0.1) is 22.2 Å². The summed E-state index contributed by atoms with van der Waals surface area (Å²) in [4.78, 5) is 18.2. The van der Waals surface area contributed by atoms with Crippen molar-refractivity contribution in [1.82, 2.24) is 9.38 Å². The van der Waals surface area contributed by atoms with Crippen molar-refractivity contribution in [2.24, 2.45) is 0 Å². The quantitative estimate of drug-likeness (QED) is 0.347. The fourth-order valence-electron chi connectivity index (χ4n) is 3.47. The van der Waals surface area contributed by atoms with Crippen molar-refractivity contribution in [2.45, 2.75) is 11.8 Å². The van der Waals surface area contributed by atoms with Crippen LogP contribution in [0, 0.1) is 0 Å². The van der Waals surface area contributed by atoms with Crippen LogP contribution in [0.25, 0.3) is 22.1 Å². The first-order chi connectivity index (χ1) is 16.0. The van der Waals surface area contributed by atoms with E-state index in [1.807, 2.05) is 24.3 Å². The van der Waals surface area contributed by atoms with Crippen molar-refractivity contribution >= 4 is 43.5 Å². The topological polar surface area (TPSA) is 87.0 Å². The molecule has 0 fully saturated rings. The maximum Gasteiger partial charge on any atom is 0.339 e. The van der Waals surface area contributed by atoms with E-state index in [1.165, 1.54) is 29.5 Å². The first-order valence-electron chi connectivity index (χ1n) is 10.1. The SMILES string of the molecule is CCOc1cc(C=c2sc3nc4ccccc4n3c2=O)ccc1OS(=O)(=O)c1ccccc1. The molecular formula is C24H18N2O5S2. The third kappa shape index (κ3) is 3.96. The van der Waals surface area contributed by atoms with E-state index in [1.54, 1.807) is 47.7 Å². The molecular weight excluding hydrogens is 460 g/mol. The summed E-state index contributed by atoms with van der Waals surface area (Å²) in [7, 11) is -4.01. The van der Waals surface area contributed by atoms with Crippen molar-refractivity contribution in [2.75, 3.05) is 6.61 Å². The highest BCUT2D eigenvalue weighted by atomic mass is 32.2. The number of fused-ring (bicyclic) bond motifs is 3. The second kappa shape index (κ2) is 8.34. The Bertz CT molecular complexity index is 1690. The number of benzene rings is 3. The molecule has 0 spiro atoms. The fraction of sp³-hybridized carbons (Fsp3) is 0.0833. The minimum atomic E-state index is -4.01. The number of para-hydroxylation sites is 2. The minimum Gasteiger partial charge on any atom is -0.490 e. The molecule has 0 amide bonds. The van der Waals surface area contributed by atoms with Crippen LogP contribution in [-0.2, 0) is 10.1 Å². The van der Waals surface area contributed by atoms with Gasteiger partial charge < -0.3 is 8.92 Å². The van der Waals surface area contributed by atoms with Gasteiger partial charge in [-0.2, -0.15) is 8.42 Å². The van der Waals surface area contributed by atoms with Crippen molar-refractivity contribution in [3.63, 3.8) is 0 Å². The predicted octanol–water partition coefficient (Wildman–Crippen LogP) is 3.62. The Balaban J connectivity index is 1.55. The van der Waals surface area contributed by atoms with Gasteiger partial charge in [0, 0.05) is 0 Å². The van der Waals surface area contributed by atoms with Crippen LogP contribution in [-0.4, -0.2) is 24.4 Å². The molecule has 3 aromatic carbocycles. The van der Waals surface area contributed by atoms with E-state index in [0.29, 0.717) is 21.7 Å². The van der Waals surface area contributed by atoms with Gasteiger partial charge in [-0.05, 0) is 55.0 Å². The summed E-state index contributed by atoms with van der Waals surface area (Å²) < 4.78 is 38.3. The van der Waals surface area contributed by atoms with Gasteiger partial charge in [-0.15, -0.1) is 0 Å². The van der Waals surface area contributed by atoms with E-state index in [0.717, 1.165) is 11.0 Å². The standard InChI is InChI=1S/C24H18N2O5S2/c1-2-30-21-14-16(12-13-20(21)31-33(28,29)17-8-4-3-5-9-17)15-22-23(27)26-19-11-7-6-10-18(19)25-24(26)32-22/h3-15H,2H2,1H3. The van der Waals surface area contributed by atoms with Crippen LogP contribution in [0.15, 0.2) is 82.5 Å². The summed E-state index contributed by atoms with van der Waals surface area (Å²) in [5, 5.41) is 0. The van der Waals surface area contributed by atoms with Crippen LogP contribution in [0.2, 0.25) is 0 Å². The number of rotatable bonds is 6. The molecule has 0 saturated heterocycles. The maximum atomic E-state index is 13.0. The highest BCUT2D eigenvalue weighted by Gasteiger charge is 2.19. The third-order valence-electron chi connectivity index (χ3n) is 4.94. The molecule has 0 bridgehead atoms. The molecule has 33 heavy (non-hydrogen) atoms. The Labute approximate surface area is 193 Å². The molecule has 9 heteroatoms. The van der Waals surface area contributed by atoms with E-state index < -0.39 is 10.1 Å². The van der Waals surface area contributed by atoms with Crippen molar-refractivity contribution < 1.29 is 17.3 Å². The average molecular weight is 479 g/mol. The average Bonchev–Trinajstić information content (AvgIpc) is 3.32. The Morgan fingerprint density at radius 3 is 2.55 bits per heavy atom. The molecule has 0 aliphatic carbocycles. The molecule has 0 radical (unpaired) electrons. The number of nitrogens with zero attached hydrogens (tertiary/aromatic N) is 2. The lowest BCUT2D eigenvalue weighted by Crippen LogP contribution is -2.22. The number of hydrogen-bond acceptors (Lipinski definition) is 7. The predicted molar refractivity (Wildman–Crippen MR) is 127 cm³/mol. The van der Waals surface area contributed by atoms with Gasteiger partial charge in [0.15, 0.2) is 16.5 Å². The van der Waals surface area contributed by atoms with E-state index in [2.05, 4.69) is 4.98 Å². The zero-order valence-corrected chi connectivity index (χ0v) is 19.1.